The molecule has 4 nitrogen and oxygen atoms in total. The fourth-order valence-corrected chi connectivity index (χ4v) is 1.40. The van der Waals surface area contributed by atoms with Gasteiger partial charge in [0.2, 0.25) is 0 Å². The Hall–Kier alpha value is -1.69. The van der Waals surface area contributed by atoms with Crippen molar-refractivity contribution >= 4 is 5.97 Å². The molecular weight excluding hydrogens is 220 g/mol. The van der Waals surface area contributed by atoms with Crippen LogP contribution in [0.4, 0.5) is 8.78 Å². The Morgan fingerprint density at radius 1 is 1.31 bits per heavy atom. The molecule has 0 spiro atoms. The zero-order chi connectivity index (χ0) is 12.3. The van der Waals surface area contributed by atoms with Crippen LogP contribution in [0.2, 0.25) is 0 Å². The fourth-order valence-electron chi connectivity index (χ4n) is 1.40. The van der Waals surface area contributed by atoms with Crippen molar-refractivity contribution in [3.63, 3.8) is 0 Å². The smallest absolute Gasteiger partial charge is 0.251 e. The van der Waals surface area contributed by atoms with Crippen LogP contribution >= 0.6 is 0 Å². The molecule has 2 atom stereocenters. The second-order valence-corrected chi connectivity index (χ2v) is 3.38. The molecule has 88 valence electrons. The van der Waals surface area contributed by atoms with Crippen molar-refractivity contribution in [3.05, 3.63) is 29.8 Å². The molecule has 0 aliphatic heterocycles. The third-order valence-corrected chi connectivity index (χ3v) is 2.29. The van der Waals surface area contributed by atoms with Gasteiger partial charge in [-0.2, -0.15) is 0 Å². The van der Waals surface area contributed by atoms with Gasteiger partial charge < -0.3 is 20.7 Å². The summed E-state index contributed by atoms with van der Waals surface area (Å²) in [5, 5.41) is 19.5. The second-order valence-electron chi connectivity index (χ2n) is 3.38. The van der Waals surface area contributed by atoms with E-state index in [1.165, 1.54) is 24.3 Å². The Morgan fingerprint density at radius 3 is 2.19 bits per heavy atom. The molecule has 1 rings (SSSR count). The van der Waals surface area contributed by atoms with E-state index in [1.54, 1.807) is 0 Å². The minimum Gasteiger partial charge on any atom is -0.544 e. The lowest BCUT2D eigenvalue weighted by Crippen LogP contribution is -2.71. The third-order valence-electron chi connectivity index (χ3n) is 2.29. The normalized spacial score (nSPS) is 14.8. The standard InChI is InChI=1S/C10H11F2NO3/c11-9(12)7(8(13)10(15)16)5-1-3-6(14)4-2-5/h1-4,7-9,14H,13H2,(H,15,16)/t7-,8+/m0/s1. The van der Waals surface area contributed by atoms with Gasteiger partial charge >= 0.3 is 0 Å². The number of carboxylic acids is 1. The van der Waals surface area contributed by atoms with Gasteiger partial charge in [0.05, 0.1) is 5.97 Å². The van der Waals surface area contributed by atoms with E-state index in [4.69, 9.17) is 5.11 Å². The minimum atomic E-state index is -2.86. The van der Waals surface area contributed by atoms with E-state index in [2.05, 4.69) is 5.73 Å². The Morgan fingerprint density at radius 2 is 1.81 bits per heavy atom. The summed E-state index contributed by atoms with van der Waals surface area (Å²) in [4.78, 5) is 10.5. The predicted octanol–water partition coefficient (Wildman–Crippen LogP) is -0.899. The van der Waals surface area contributed by atoms with Crippen molar-refractivity contribution in [1.29, 1.82) is 0 Å². The number of alkyl halides is 2. The highest BCUT2D eigenvalue weighted by Gasteiger charge is 2.32. The molecule has 0 aliphatic carbocycles. The minimum absolute atomic E-state index is 0.0779. The molecule has 1 aromatic carbocycles. The van der Waals surface area contributed by atoms with Gasteiger partial charge in [-0.3, -0.25) is 0 Å². The lowest BCUT2D eigenvalue weighted by atomic mass is 9.92. The zero-order valence-electron chi connectivity index (χ0n) is 8.27. The Balaban J connectivity index is 3.03. The molecule has 0 amide bonds. The Kier molecular flexibility index (Phi) is 3.78. The van der Waals surface area contributed by atoms with E-state index in [9.17, 15) is 18.7 Å². The molecule has 4 N–H and O–H groups in total. The number of hydrogen-bond donors (Lipinski definition) is 2. The Bertz CT molecular complexity index is 367. The molecule has 1 aromatic rings. The van der Waals surface area contributed by atoms with E-state index >= 15 is 0 Å². The summed E-state index contributed by atoms with van der Waals surface area (Å²) >= 11 is 0. The Labute approximate surface area is 90.3 Å². The lowest BCUT2D eigenvalue weighted by molar-refractivity contribution is -0.445. The summed E-state index contributed by atoms with van der Waals surface area (Å²) in [6.45, 7) is 0. The number of aromatic hydroxyl groups is 1. The highest BCUT2D eigenvalue weighted by molar-refractivity contribution is 5.71. The first-order valence-corrected chi connectivity index (χ1v) is 4.54. The number of carbonyl (C=O) groups excluding carboxylic acids is 1. The van der Waals surface area contributed by atoms with Crippen molar-refractivity contribution in [1.82, 2.24) is 0 Å². The number of halogens is 2. The SMILES string of the molecule is [NH3+][C@@H](C(=O)[O-])[C@H](c1ccc(O)cc1)C(F)F. The van der Waals surface area contributed by atoms with Gasteiger partial charge in [0, 0.05) is 0 Å². The summed E-state index contributed by atoms with van der Waals surface area (Å²) in [6, 6.07) is 3.38. The largest absolute Gasteiger partial charge is 0.544 e. The number of aliphatic carboxylic acids is 1. The number of carbonyl (C=O) groups is 1. The highest BCUT2D eigenvalue weighted by atomic mass is 19.3. The van der Waals surface area contributed by atoms with Crippen LogP contribution in [0, 0.1) is 0 Å². The third kappa shape index (κ3) is 2.66. The van der Waals surface area contributed by atoms with Crippen molar-refractivity contribution in [2.45, 2.75) is 18.4 Å². The van der Waals surface area contributed by atoms with E-state index in [1.807, 2.05) is 0 Å². The number of phenolic OH excluding ortho intramolecular Hbond substituents is 1. The van der Waals surface area contributed by atoms with Gasteiger partial charge in [-0.15, -0.1) is 0 Å². The van der Waals surface area contributed by atoms with Crippen LogP contribution in [0.25, 0.3) is 0 Å². The molecule has 0 fully saturated rings. The zero-order valence-corrected chi connectivity index (χ0v) is 8.27. The van der Waals surface area contributed by atoms with E-state index in [0.29, 0.717) is 0 Å². The topological polar surface area (TPSA) is 88.0 Å². The molecule has 0 aromatic heterocycles. The molecule has 16 heavy (non-hydrogen) atoms. The van der Waals surface area contributed by atoms with Crippen LogP contribution in [0.3, 0.4) is 0 Å². The maximum absolute atomic E-state index is 12.7. The number of phenols is 1. The number of benzene rings is 1. The molecule has 6 heteroatoms. The van der Waals surface area contributed by atoms with Gasteiger partial charge in [-0.1, -0.05) is 12.1 Å². The van der Waals surface area contributed by atoms with Gasteiger partial charge in [-0.25, -0.2) is 8.78 Å². The molecular formula is C10H11F2NO3. The predicted molar refractivity (Wildman–Crippen MR) is 48.5 cm³/mol. The van der Waals surface area contributed by atoms with E-state index in [0.717, 1.165) is 0 Å². The summed E-state index contributed by atoms with van der Waals surface area (Å²) < 4.78 is 25.4. The maximum Gasteiger partial charge on any atom is 0.251 e. The van der Waals surface area contributed by atoms with Gasteiger partial charge in [0.15, 0.2) is 0 Å². The van der Waals surface area contributed by atoms with Crippen molar-refractivity contribution < 1.29 is 29.5 Å². The summed E-state index contributed by atoms with van der Waals surface area (Å²) in [7, 11) is 0. The quantitative estimate of drug-likeness (QED) is 0.704. The summed E-state index contributed by atoms with van der Waals surface area (Å²) in [5.41, 5.74) is 3.26. The van der Waals surface area contributed by atoms with Crippen LogP contribution in [0.15, 0.2) is 24.3 Å². The maximum atomic E-state index is 12.7. The van der Waals surface area contributed by atoms with Gasteiger partial charge in [0.25, 0.3) is 6.43 Å². The molecule has 0 heterocycles. The van der Waals surface area contributed by atoms with Crippen LogP contribution in [-0.4, -0.2) is 23.5 Å². The van der Waals surface area contributed by atoms with E-state index in [-0.39, 0.29) is 11.3 Å². The summed E-state index contributed by atoms with van der Waals surface area (Å²) in [6.07, 6.45) is -2.86. The molecule has 0 aliphatic rings. The van der Waals surface area contributed by atoms with Gasteiger partial charge in [-0.05, 0) is 17.7 Å². The lowest BCUT2D eigenvalue weighted by Gasteiger charge is -2.21. The second kappa shape index (κ2) is 4.89. The first kappa shape index (κ1) is 12.4. The molecule has 0 unspecified atom stereocenters. The average Bonchev–Trinajstić information content (AvgIpc) is 2.20. The molecule has 0 saturated heterocycles. The van der Waals surface area contributed by atoms with Crippen molar-refractivity contribution in [2.24, 2.45) is 0 Å². The van der Waals surface area contributed by atoms with Crippen LogP contribution in [-0.2, 0) is 4.79 Å². The van der Waals surface area contributed by atoms with Crippen LogP contribution in [0.1, 0.15) is 11.5 Å². The fraction of sp³-hybridized carbons (Fsp3) is 0.300. The number of quaternary nitrogens is 1. The molecule has 0 saturated carbocycles. The highest BCUT2D eigenvalue weighted by Crippen LogP contribution is 2.26. The number of rotatable bonds is 4. The average molecular weight is 231 g/mol. The van der Waals surface area contributed by atoms with Crippen LogP contribution in [0.5, 0.6) is 5.75 Å². The van der Waals surface area contributed by atoms with E-state index < -0.39 is 24.4 Å². The van der Waals surface area contributed by atoms with Crippen molar-refractivity contribution in [2.75, 3.05) is 0 Å². The molecule has 0 bridgehead atoms. The van der Waals surface area contributed by atoms with Crippen LogP contribution < -0.4 is 10.8 Å². The van der Waals surface area contributed by atoms with Gasteiger partial charge in [0.1, 0.15) is 17.7 Å². The molecule has 0 radical (unpaired) electrons. The summed E-state index contributed by atoms with van der Waals surface area (Å²) in [5.74, 6) is -3.24. The van der Waals surface area contributed by atoms with Crippen molar-refractivity contribution in [3.8, 4) is 5.75 Å². The number of carboxylic acid groups (broad SMARTS) is 1. The number of hydrogen-bond acceptors (Lipinski definition) is 3. The first-order chi connectivity index (χ1) is 7.43. The monoisotopic (exact) mass is 231 g/mol. The first-order valence-electron chi connectivity index (χ1n) is 4.54.